The van der Waals surface area contributed by atoms with Crippen LogP contribution in [0.4, 0.5) is 0 Å². The fourth-order valence-electron chi connectivity index (χ4n) is 1.65. The molecule has 0 radical (unpaired) electrons. The highest BCUT2D eigenvalue weighted by atomic mass is 32.1. The Kier molecular flexibility index (Phi) is 2.15. The summed E-state index contributed by atoms with van der Waals surface area (Å²) in [5.41, 5.74) is 6.79. The number of nitrogens with one attached hydrogen (secondary N) is 1. The molecular weight excluding hydrogens is 236 g/mol. The van der Waals surface area contributed by atoms with E-state index in [0.29, 0.717) is 22.6 Å². The summed E-state index contributed by atoms with van der Waals surface area (Å²) in [5.74, 6) is 0.218. The van der Waals surface area contributed by atoms with Crippen LogP contribution < -0.4 is 5.73 Å². The number of hydrogen-bond donors (Lipinski definition) is 2. The van der Waals surface area contributed by atoms with Crippen molar-refractivity contribution in [1.29, 1.82) is 0 Å². The van der Waals surface area contributed by atoms with Crippen molar-refractivity contribution in [1.82, 2.24) is 15.0 Å². The molecule has 3 aromatic heterocycles. The largest absolute Gasteiger partial charge is 0.366 e. The maximum absolute atomic E-state index is 11.3. The molecule has 17 heavy (non-hydrogen) atoms. The first-order valence-electron chi connectivity index (χ1n) is 4.94. The van der Waals surface area contributed by atoms with Crippen LogP contribution in [0.15, 0.2) is 29.8 Å². The van der Waals surface area contributed by atoms with Crippen molar-refractivity contribution < 1.29 is 4.79 Å². The Labute approximate surface area is 100 Å². The zero-order chi connectivity index (χ0) is 11.8. The molecule has 0 aliphatic rings. The number of thiophene rings is 1. The number of fused-ring (bicyclic) bond motifs is 1. The second-order valence-electron chi connectivity index (χ2n) is 3.48. The molecule has 0 aromatic carbocycles. The minimum absolute atomic E-state index is 0.408. The van der Waals surface area contributed by atoms with Crippen molar-refractivity contribution >= 4 is 28.4 Å². The zero-order valence-corrected chi connectivity index (χ0v) is 9.49. The van der Waals surface area contributed by atoms with Crippen LogP contribution in [-0.2, 0) is 0 Å². The molecule has 84 valence electrons. The van der Waals surface area contributed by atoms with Gasteiger partial charge in [-0.25, -0.2) is 9.97 Å². The quantitative estimate of drug-likeness (QED) is 0.720. The van der Waals surface area contributed by atoms with Gasteiger partial charge >= 0.3 is 0 Å². The normalized spacial score (nSPS) is 10.8. The monoisotopic (exact) mass is 244 g/mol. The highest BCUT2D eigenvalue weighted by Gasteiger charge is 2.12. The number of nitrogens with zero attached hydrogens (tertiary/aromatic N) is 2. The fourth-order valence-corrected chi connectivity index (χ4v) is 2.32. The Morgan fingerprint density at radius 1 is 1.41 bits per heavy atom. The molecule has 0 bridgehead atoms. The Morgan fingerprint density at radius 2 is 2.29 bits per heavy atom. The molecule has 0 aliphatic heterocycles. The van der Waals surface area contributed by atoms with E-state index in [9.17, 15) is 4.79 Å². The highest BCUT2D eigenvalue weighted by Crippen LogP contribution is 2.24. The van der Waals surface area contributed by atoms with Crippen molar-refractivity contribution in [3.8, 4) is 10.7 Å². The number of primary amides is 1. The van der Waals surface area contributed by atoms with Gasteiger partial charge in [0.25, 0.3) is 5.91 Å². The van der Waals surface area contributed by atoms with Gasteiger partial charge in [0.05, 0.1) is 16.0 Å². The molecule has 0 fully saturated rings. The van der Waals surface area contributed by atoms with E-state index in [2.05, 4.69) is 15.0 Å². The third-order valence-corrected chi connectivity index (χ3v) is 3.29. The van der Waals surface area contributed by atoms with Crippen LogP contribution in [0, 0.1) is 0 Å². The maximum atomic E-state index is 11.3. The highest BCUT2D eigenvalue weighted by molar-refractivity contribution is 7.13. The number of aromatic amines is 1. The van der Waals surface area contributed by atoms with Gasteiger partial charge in [-0.2, -0.15) is 0 Å². The minimum atomic E-state index is -0.487. The van der Waals surface area contributed by atoms with E-state index in [1.54, 1.807) is 17.4 Å². The van der Waals surface area contributed by atoms with Crippen LogP contribution in [0.25, 0.3) is 21.9 Å². The van der Waals surface area contributed by atoms with Gasteiger partial charge in [-0.05, 0) is 17.5 Å². The van der Waals surface area contributed by atoms with E-state index >= 15 is 0 Å². The lowest BCUT2D eigenvalue weighted by Gasteiger charge is -1.94. The molecule has 0 unspecified atom stereocenters. The number of carbonyl (C=O) groups excluding carboxylic acids is 1. The molecule has 0 spiro atoms. The third kappa shape index (κ3) is 1.58. The van der Waals surface area contributed by atoms with E-state index in [4.69, 9.17) is 5.73 Å². The van der Waals surface area contributed by atoms with Crippen molar-refractivity contribution in [2.45, 2.75) is 0 Å². The molecule has 3 heterocycles. The number of aromatic nitrogens is 3. The van der Waals surface area contributed by atoms with Gasteiger partial charge in [-0.1, -0.05) is 6.07 Å². The second-order valence-corrected chi connectivity index (χ2v) is 4.43. The molecule has 6 heteroatoms. The third-order valence-electron chi connectivity index (χ3n) is 2.41. The van der Waals surface area contributed by atoms with E-state index in [1.807, 2.05) is 17.5 Å². The van der Waals surface area contributed by atoms with E-state index in [-0.39, 0.29) is 0 Å². The summed E-state index contributed by atoms with van der Waals surface area (Å²) in [5, 5.41) is 1.96. The first-order valence-corrected chi connectivity index (χ1v) is 5.82. The Hall–Kier alpha value is -2.21. The molecule has 0 aliphatic carbocycles. The van der Waals surface area contributed by atoms with Gasteiger partial charge < -0.3 is 10.7 Å². The fraction of sp³-hybridized carbons (Fsp3) is 0. The summed E-state index contributed by atoms with van der Waals surface area (Å²) < 4.78 is 0. The van der Waals surface area contributed by atoms with Gasteiger partial charge in [0.15, 0.2) is 11.5 Å². The standard InChI is InChI=1S/C11H8N4OS/c12-9(16)6-3-4-13-11-8(6)14-10(15-11)7-2-1-5-17-7/h1-5H,(H2,12,16)(H,13,14,15). The predicted molar refractivity (Wildman–Crippen MR) is 65.7 cm³/mol. The summed E-state index contributed by atoms with van der Waals surface area (Å²) in [6.45, 7) is 0. The van der Waals surface area contributed by atoms with Crippen LogP contribution in [0.1, 0.15) is 10.4 Å². The first kappa shape index (κ1) is 9.98. The smallest absolute Gasteiger partial charge is 0.251 e. The van der Waals surface area contributed by atoms with Crippen molar-refractivity contribution in [3.05, 3.63) is 35.3 Å². The molecule has 3 N–H and O–H groups in total. The lowest BCUT2D eigenvalue weighted by molar-refractivity contribution is 0.100. The summed E-state index contributed by atoms with van der Waals surface area (Å²) in [7, 11) is 0. The second kappa shape index (κ2) is 3.67. The number of H-pyrrole nitrogens is 1. The summed E-state index contributed by atoms with van der Waals surface area (Å²) in [4.78, 5) is 23.8. The molecule has 0 saturated carbocycles. The number of hydrogen-bond acceptors (Lipinski definition) is 4. The molecule has 5 nitrogen and oxygen atoms in total. The molecule has 3 aromatic rings. The summed E-state index contributed by atoms with van der Waals surface area (Å²) in [6, 6.07) is 5.48. The average molecular weight is 244 g/mol. The van der Waals surface area contributed by atoms with Crippen molar-refractivity contribution in [3.63, 3.8) is 0 Å². The number of imidazole rings is 1. The number of amides is 1. The topological polar surface area (TPSA) is 84.7 Å². The van der Waals surface area contributed by atoms with E-state index in [0.717, 1.165) is 4.88 Å². The van der Waals surface area contributed by atoms with Gasteiger partial charge in [0, 0.05) is 6.20 Å². The van der Waals surface area contributed by atoms with Crippen LogP contribution in [-0.4, -0.2) is 20.9 Å². The molecule has 3 rings (SSSR count). The lowest BCUT2D eigenvalue weighted by Crippen LogP contribution is -2.11. The van der Waals surface area contributed by atoms with Gasteiger partial charge in [0.1, 0.15) is 0 Å². The van der Waals surface area contributed by atoms with Gasteiger partial charge in [0.2, 0.25) is 0 Å². The Bertz CT molecular complexity index is 687. The number of pyridine rings is 1. The molecule has 0 saturated heterocycles. The van der Waals surface area contributed by atoms with Crippen LogP contribution in [0.5, 0.6) is 0 Å². The lowest BCUT2D eigenvalue weighted by atomic mass is 10.2. The van der Waals surface area contributed by atoms with Crippen molar-refractivity contribution in [2.24, 2.45) is 5.73 Å². The molecule has 1 amide bonds. The van der Waals surface area contributed by atoms with Crippen molar-refractivity contribution in [2.75, 3.05) is 0 Å². The molecular formula is C11H8N4OS. The average Bonchev–Trinajstić information content (AvgIpc) is 2.96. The Morgan fingerprint density at radius 3 is 3.00 bits per heavy atom. The van der Waals surface area contributed by atoms with Crippen LogP contribution >= 0.6 is 11.3 Å². The van der Waals surface area contributed by atoms with E-state index < -0.39 is 5.91 Å². The zero-order valence-electron chi connectivity index (χ0n) is 8.68. The van der Waals surface area contributed by atoms with Gasteiger partial charge in [-0.3, -0.25) is 4.79 Å². The predicted octanol–water partition coefficient (Wildman–Crippen LogP) is 1.79. The summed E-state index contributed by atoms with van der Waals surface area (Å²) >= 11 is 1.57. The van der Waals surface area contributed by atoms with Crippen LogP contribution in [0.3, 0.4) is 0 Å². The number of rotatable bonds is 2. The first-order chi connectivity index (χ1) is 8.25. The van der Waals surface area contributed by atoms with E-state index in [1.165, 1.54) is 6.20 Å². The minimum Gasteiger partial charge on any atom is -0.366 e. The summed E-state index contributed by atoms with van der Waals surface area (Å²) in [6.07, 6.45) is 1.53. The number of carbonyl (C=O) groups is 1. The number of nitrogens with two attached hydrogens (primary N) is 1. The van der Waals surface area contributed by atoms with Gasteiger partial charge in [-0.15, -0.1) is 11.3 Å². The molecule has 0 atom stereocenters. The van der Waals surface area contributed by atoms with Crippen LogP contribution in [0.2, 0.25) is 0 Å². The SMILES string of the molecule is NC(=O)c1ccnc2nc(-c3cccs3)[nH]c12. The maximum Gasteiger partial charge on any atom is 0.251 e. The Balaban J connectivity index is 2.26.